The Balaban J connectivity index is 1.96. The second kappa shape index (κ2) is 7.13. The molecular weight excluding hydrogens is 272 g/mol. The van der Waals surface area contributed by atoms with Crippen LogP contribution in [0.4, 0.5) is 11.6 Å². The number of hydrogen-bond acceptors (Lipinski definition) is 6. The van der Waals surface area contributed by atoms with Crippen molar-refractivity contribution in [1.29, 1.82) is 0 Å². The second-order valence-electron chi connectivity index (χ2n) is 5.25. The second-order valence-corrected chi connectivity index (χ2v) is 6.03. The van der Waals surface area contributed by atoms with Gasteiger partial charge in [-0.2, -0.15) is 0 Å². The van der Waals surface area contributed by atoms with Gasteiger partial charge in [-0.15, -0.1) is 0 Å². The van der Waals surface area contributed by atoms with Crippen LogP contribution in [0.3, 0.4) is 0 Å². The fraction of sp³-hybridized carbons (Fsp3) is 0.714. The Morgan fingerprint density at radius 2 is 2.00 bits per heavy atom. The number of nitrogens with zero attached hydrogens (tertiary/aromatic N) is 2. The Morgan fingerprint density at radius 1 is 1.30 bits per heavy atom. The molecule has 20 heavy (non-hydrogen) atoms. The van der Waals surface area contributed by atoms with Crippen molar-refractivity contribution in [3.8, 4) is 0 Å². The van der Waals surface area contributed by atoms with Gasteiger partial charge in [0, 0.05) is 32.9 Å². The zero-order valence-electron chi connectivity index (χ0n) is 12.5. The van der Waals surface area contributed by atoms with E-state index in [4.69, 9.17) is 4.74 Å². The molecule has 1 aromatic rings. The molecule has 0 radical (unpaired) electrons. The normalized spacial score (nSPS) is 15.9. The van der Waals surface area contributed by atoms with Crippen LogP contribution in [0.2, 0.25) is 0 Å². The van der Waals surface area contributed by atoms with E-state index in [1.807, 2.05) is 12.3 Å². The van der Waals surface area contributed by atoms with E-state index in [9.17, 15) is 0 Å². The van der Waals surface area contributed by atoms with E-state index in [0.717, 1.165) is 42.9 Å². The third-order valence-electron chi connectivity index (χ3n) is 3.68. The standard InChI is InChI=1S/C14H24N4OS/c1-4-15-11-9-12(18-13(17-11)20-3)16-10-14(5-6-14)7-8-19-2/h9H,4-8,10H2,1-3H3,(H2,15,16,17,18). The van der Waals surface area contributed by atoms with E-state index in [2.05, 4.69) is 27.5 Å². The predicted octanol–water partition coefficient (Wildman–Crippen LogP) is 2.86. The summed E-state index contributed by atoms with van der Waals surface area (Å²) in [6.45, 7) is 4.73. The first kappa shape index (κ1) is 15.4. The van der Waals surface area contributed by atoms with E-state index in [1.54, 1.807) is 18.9 Å². The molecule has 1 fully saturated rings. The largest absolute Gasteiger partial charge is 0.385 e. The van der Waals surface area contributed by atoms with Crippen LogP contribution in [-0.4, -0.2) is 43.0 Å². The molecule has 6 heteroatoms. The van der Waals surface area contributed by atoms with Crippen molar-refractivity contribution in [3.05, 3.63) is 6.07 Å². The zero-order chi connectivity index (χ0) is 14.4. The van der Waals surface area contributed by atoms with Crippen LogP contribution in [0.1, 0.15) is 26.2 Å². The molecule has 0 spiro atoms. The first-order valence-electron chi connectivity index (χ1n) is 7.11. The molecule has 1 aromatic heterocycles. The van der Waals surface area contributed by atoms with Crippen LogP contribution in [0.25, 0.3) is 0 Å². The molecule has 1 heterocycles. The number of aromatic nitrogens is 2. The average Bonchev–Trinajstić information content (AvgIpc) is 3.24. The summed E-state index contributed by atoms with van der Waals surface area (Å²) in [7, 11) is 1.77. The van der Waals surface area contributed by atoms with Gasteiger partial charge in [-0.25, -0.2) is 9.97 Å². The summed E-state index contributed by atoms with van der Waals surface area (Å²) in [6, 6.07) is 1.98. The van der Waals surface area contributed by atoms with E-state index < -0.39 is 0 Å². The number of methoxy groups -OCH3 is 1. The van der Waals surface area contributed by atoms with Crippen molar-refractivity contribution in [2.75, 3.05) is 43.7 Å². The van der Waals surface area contributed by atoms with Gasteiger partial charge in [0.2, 0.25) is 0 Å². The maximum Gasteiger partial charge on any atom is 0.191 e. The molecule has 0 unspecified atom stereocenters. The summed E-state index contributed by atoms with van der Waals surface area (Å²) in [6.07, 6.45) is 5.68. The van der Waals surface area contributed by atoms with Crippen molar-refractivity contribution in [1.82, 2.24) is 9.97 Å². The lowest BCUT2D eigenvalue weighted by Gasteiger charge is -2.16. The molecule has 1 aliphatic rings. The first-order valence-corrected chi connectivity index (χ1v) is 8.33. The minimum Gasteiger partial charge on any atom is -0.385 e. The molecule has 0 bridgehead atoms. The summed E-state index contributed by atoms with van der Waals surface area (Å²) in [5.74, 6) is 1.79. The lowest BCUT2D eigenvalue weighted by Crippen LogP contribution is -2.18. The zero-order valence-corrected chi connectivity index (χ0v) is 13.3. The van der Waals surface area contributed by atoms with Gasteiger partial charge in [0.25, 0.3) is 0 Å². The summed E-state index contributed by atoms with van der Waals surface area (Å²) < 4.78 is 5.19. The highest BCUT2D eigenvalue weighted by Gasteiger charge is 2.41. The van der Waals surface area contributed by atoms with Crippen molar-refractivity contribution in [2.24, 2.45) is 5.41 Å². The predicted molar refractivity (Wildman–Crippen MR) is 84.6 cm³/mol. The third kappa shape index (κ3) is 4.24. The van der Waals surface area contributed by atoms with Gasteiger partial charge >= 0.3 is 0 Å². The number of anilines is 2. The number of hydrogen-bond donors (Lipinski definition) is 2. The van der Waals surface area contributed by atoms with E-state index >= 15 is 0 Å². The smallest absolute Gasteiger partial charge is 0.191 e. The van der Waals surface area contributed by atoms with Gasteiger partial charge in [-0.1, -0.05) is 11.8 Å². The van der Waals surface area contributed by atoms with Crippen molar-refractivity contribution in [2.45, 2.75) is 31.3 Å². The SMILES string of the molecule is CCNc1cc(NCC2(CCOC)CC2)nc(SC)n1. The highest BCUT2D eigenvalue weighted by molar-refractivity contribution is 7.98. The fourth-order valence-corrected chi connectivity index (χ4v) is 2.55. The third-order valence-corrected chi connectivity index (χ3v) is 4.23. The molecule has 5 nitrogen and oxygen atoms in total. The average molecular weight is 296 g/mol. The molecular formula is C14H24N4OS. The van der Waals surface area contributed by atoms with Gasteiger partial charge in [0.05, 0.1) is 0 Å². The number of nitrogens with one attached hydrogen (secondary N) is 2. The Morgan fingerprint density at radius 3 is 2.55 bits per heavy atom. The van der Waals surface area contributed by atoms with Crippen molar-refractivity contribution in [3.63, 3.8) is 0 Å². The number of ether oxygens (including phenoxy) is 1. The van der Waals surface area contributed by atoms with Gasteiger partial charge in [0.15, 0.2) is 5.16 Å². The molecule has 0 aromatic carbocycles. The summed E-state index contributed by atoms with van der Waals surface area (Å²) in [5, 5.41) is 7.51. The Labute approximate surface area is 125 Å². The van der Waals surface area contributed by atoms with Crippen LogP contribution in [0, 0.1) is 5.41 Å². The highest BCUT2D eigenvalue weighted by Crippen LogP contribution is 2.48. The van der Waals surface area contributed by atoms with Gasteiger partial charge < -0.3 is 15.4 Å². The van der Waals surface area contributed by atoms with Gasteiger partial charge in [-0.3, -0.25) is 0 Å². The van der Waals surface area contributed by atoms with E-state index in [1.165, 1.54) is 12.8 Å². The first-order chi connectivity index (χ1) is 9.71. The van der Waals surface area contributed by atoms with Crippen LogP contribution in [-0.2, 0) is 4.74 Å². The van der Waals surface area contributed by atoms with Crippen LogP contribution in [0.5, 0.6) is 0 Å². The van der Waals surface area contributed by atoms with E-state index in [0.29, 0.717) is 5.41 Å². The van der Waals surface area contributed by atoms with E-state index in [-0.39, 0.29) is 0 Å². The van der Waals surface area contributed by atoms with Crippen molar-refractivity contribution >= 4 is 23.4 Å². The summed E-state index contributed by atoms with van der Waals surface area (Å²) >= 11 is 1.56. The van der Waals surface area contributed by atoms with Crippen LogP contribution < -0.4 is 10.6 Å². The summed E-state index contributed by atoms with van der Waals surface area (Å²) in [5.41, 5.74) is 0.416. The molecule has 0 aliphatic heterocycles. The topological polar surface area (TPSA) is 59.1 Å². The van der Waals surface area contributed by atoms with Gasteiger partial charge in [0.1, 0.15) is 11.6 Å². The lowest BCUT2D eigenvalue weighted by molar-refractivity contribution is 0.175. The van der Waals surface area contributed by atoms with Gasteiger partial charge in [-0.05, 0) is 37.9 Å². The highest BCUT2D eigenvalue weighted by atomic mass is 32.2. The fourth-order valence-electron chi connectivity index (χ4n) is 2.17. The molecule has 1 aliphatic carbocycles. The molecule has 0 atom stereocenters. The Hall–Kier alpha value is -1.01. The number of rotatable bonds is 9. The number of thioether (sulfide) groups is 1. The summed E-state index contributed by atoms with van der Waals surface area (Å²) in [4.78, 5) is 8.95. The monoisotopic (exact) mass is 296 g/mol. The maximum absolute atomic E-state index is 5.19. The van der Waals surface area contributed by atoms with Crippen LogP contribution in [0.15, 0.2) is 11.2 Å². The quantitative estimate of drug-likeness (QED) is 0.540. The molecule has 112 valence electrons. The Bertz CT molecular complexity index is 437. The minimum absolute atomic E-state index is 0.416. The Kier molecular flexibility index (Phi) is 5.48. The lowest BCUT2D eigenvalue weighted by atomic mass is 10.0. The molecule has 2 N–H and O–H groups in total. The van der Waals surface area contributed by atoms with Crippen molar-refractivity contribution < 1.29 is 4.74 Å². The van der Waals surface area contributed by atoms with Crippen LogP contribution >= 0.6 is 11.8 Å². The molecule has 1 saturated carbocycles. The maximum atomic E-state index is 5.19. The minimum atomic E-state index is 0.416. The molecule has 2 rings (SSSR count). The molecule has 0 saturated heterocycles. The molecule has 0 amide bonds.